The molecule has 0 saturated heterocycles. The van der Waals surface area contributed by atoms with Crippen molar-refractivity contribution in [2.24, 2.45) is 0 Å². The van der Waals surface area contributed by atoms with Crippen molar-refractivity contribution in [1.29, 1.82) is 0 Å². The van der Waals surface area contributed by atoms with Gasteiger partial charge in [-0.15, -0.1) is 0 Å². The van der Waals surface area contributed by atoms with Gasteiger partial charge in [0.05, 0.1) is 11.2 Å². The average molecular weight is 407 g/mol. The summed E-state index contributed by atoms with van der Waals surface area (Å²) in [5.41, 5.74) is 8.09. The fraction of sp³-hybridized carbons (Fsp3) is 0.111. The number of halogens is 1. The maximum atomic E-state index is 6.35. The smallest absolute Gasteiger partial charge is 0.218 e. The van der Waals surface area contributed by atoms with E-state index < -0.39 is 0 Å². The third-order valence-electron chi connectivity index (χ3n) is 6.39. The predicted octanol–water partition coefficient (Wildman–Crippen LogP) is 7.41. The maximum absolute atomic E-state index is 6.35. The molecule has 0 N–H and O–H groups in total. The van der Waals surface area contributed by atoms with Crippen LogP contribution in [0.5, 0.6) is 0 Å². The van der Waals surface area contributed by atoms with Gasteiger partial charge in [0.25, 0.3) is 0 Å². The second kappa shape index (κ2) is 6.13. The zero-order valence-corrected chi connectivity index (χ0v) is 17.5. The Morgan fingerprint density at radius 1 is 0.700 bits per heavy atom. The fourth-order valence-corrected chi connectivity index (χ4v) is 5.05. The maximum Gasteiger partial charge on any atom is 0.223 e. The van der Waals surface area contributed by atoms with Crippen LogP contribution in [-0.2, 0) is 5.41 Å². The molecule has 1 aromatic heterocycles. The first kappa shape index (κ1) is 17.6. The van der Waals surface area contributed by atoms with Gasteiger partial charge in [-0.3, -0.25) is 0 Å². The molecule has 0 saturated carbocycles. The van der Waals surface area contributed by atoms with Gasteiger partial charge in [-0.05, 0) is 62.8 Å². The highest BCUT2D eigenvalue weighted by molar-refractivity contribution is 6.29. The Morgan fingerprint density at radius 3 is 2.23 bits per heavy atom. The summed E-state index contributed by atoms with van der Waals surface area (Å²) in [6.45, 7) is 4.58. The normalized spacial score (nSPS) is 14.1. The molecule has 0 atom stereocenters. The Morgan fingerprint density at radius 2 is 1.40 bits per heavy atom. The van der Waals surface area contributed by atoms with Crippen LogP contribution in [0, 0.1) is 0 Å². The van der Waals surface area contributed by atoms with E-state index in [0.29, 0.717) is 0 Å². The number of hydrogen-bond acceptors (Lipinski definition) is 2. The van der Waals surface area contributed by atoms with E-state index in [9.17, 15) is 0 Å². The largest absolute Gasteiger partial charge is 0.223 e. The molecule has 2 nitrogen and oxygen atoms in total. The fourth-order valence-electron chi connectivity index (χ4n) is 4.87. The number of benzene rings is 4. The summed E-state index contributed by atoms with van der Waals surface area (Å²) in [6, 6.07) is 27.9. The van der Waals surface area contributed by atoms with E-state index in [4.69, 9.17) is 11.6 Å². The van der Waals surface area contributed by atoms with Gasteiger partial charge >= 0.3 is 0 Å². The lowest BCUT2D eigenvalue weighted by Gasteiger charge is -2.21. The van der Waals surface area contributed by atoms with Crippen LogP contribution in [0.4, 0.5) is 0 Å². The van der Waals surface area contributed by atoms with Crippen molar-refractivity contribution in [3.05, 3.63) is 95.3 Å². The van der Waals surface area contributed by atoms with Gasteiger partial charge in [-0.25, -0.2) is 9.97 Å². The van der Waals surface area contributed by atoms with Crippen molar-refractivity contribution >= 4 is 33.3 Å². The molecule has 3 heteroatoms. The zero-order valence-electron chi connectivity index (χ0n) is 16.8. The van der Waals surface area contributed by atoms with Crippen molar-refractivity contribution in [3.63, 3.8) is 0 Å². The second-order valence-electron chi connectivity index (χ2n) is 8.49. The number of rotatable bonds is 1. The molecule has 30 heavy (non-hydrogen) atoms. The first-order valence-electron chi connectivity index (χ1n) is 10.1. The van der Waals surface area contributed by atoms with Gasteiger partial charge in [0.1, 0.15) is 0 Å². The Balaban J connectivity index is 1.64. The molecule has 0 fully saturated rings. The lowest BCUT2D eigenvalue weighted by molar-refractivity contribution is 0.660. The summed E-state index contributed by atoms with van der Waals surface area (Å²) >= 11 is 6.35. The average Bonchev–Trinajstić information content (AvgIpc) is 2.99. The Hall–Kier alpha value is -3.23. The van der Waals surface area contributed by atoms with Gasteiger partial charge in [0.15, 0.2) is 0 Å². The lowest BCUT2D eigenvalue weighted by Crippen LogP contribution is -2.14. The minimum Gasteiger partial charge on any atom is -0.218 e. The van der Waals surface area contributed by atoms with Crippen LogP contribution in [0.15, 0.2) is 78.9 Å². The van der Waals surface area contributed by atoms with Crippen LogP contribution in [0.2, 0.25) is 5.28 Å². The molecular formula is C27H19ClN2. The molecule has 0 aliphatic heterocycles. The van der Waals surface area contributed by atoms with E-state index in [1.54, 1.807) is 0 Å². The highest BCUT2D eigenvalue weighted by atomic mass is 35.5. The second-order valence-corrected chi connectivity index (χ2v) is 8.83. The summed E-state index contributed by atoms with van der Waals surface area (Å²) < 4.78 is 0. The van der Waals surface area contributed by atoms with Crippen LogP contribution < -0.4 is 0 Å². The van der Waals surface area contributed by atoms with Gasteiger partial charge in [0.2, 0.25) is 5.28 Å². The van der Waals surface area contributed by atoms with Gasteiger partial charge in [-0.2, -0.15) is 0 Å². The number of hydrogen-bond donors (Lipinski definition) is 0. The first-order chi connectivity index (χ1) is 14.5. The van der Waals surface area contributed by atoms with Crippen molar-refractivity contribution < 1.29 is 0 Å². The van der Waals surface area contributed by atoms with Gasteiger partial charge in [-0.1, -0.05) is 74.5 Å². The van der Waals surface area contributed by atoms with Crippen LogP contribution >= 0.6 is 11.6 Å². The van der Waals surface area contributed by atoms with Crippen LogP contribution in [0.3, 0.4) is 0 Å². The SMILES string of the molecule is CC1(C)c2ccccc2-c2cc(-c3nc(Cl)nc4cc5ccccc5cc34)ccc21. The monoisotopic (exact) mass is 406 g/mol. The summed E-state index contributed by atoms with van der Waals surface area (Å²) in [7, 11) is 0. The molecule has 0 amide bonds. The third kappa shape index (κ3) is 2.44. The number of nitrogens with zero attached hydrogens (tertiary/aromatic N) is 2. The Bertz CT molecular complexity index is 1480. The molecule has 1 aliphatic carbocycles. The van der Waals surface area contributed by atoms with Crippen LogP contribution in [0.1, 0.15) is 25.0 Å². The van der Waals surface area contributed by atoms with E-state index in [0.717, 1.165) is 27.5 Å². The molecule has 0 radical (unpaired) electrons. The standard InChI is InChI=1S/C27H19ClN2/c1-27(2)22-10-6-5-9-19(22)20-14-18(11-12-23(20)27)25-21-13-16-7-3-4-8-17(16)15-24(21)29-26(28)30-25/h3-15H,1-2H3. The number of aromatic nitrogens is 2. The minimum absolute atomic E-state index is 0.00789. The zero-order chi connectivity index (χ0) is 20.5. The Kier molecular flexibility index (Phi) is 3.60. The minimum atomic E-state index is -0.00789. The van der Waals surface area contributed by atoms with Crippen molar-refractivity contribution in [2.75, 3.05) is 0 Å². The first-order valence-corrected chi connectivity index (χ1v) is 10.5. The lowest BCUT2D eigenvalue weighted by atomic mass is 9.82. The van der Waals surface area contributed by atoms with E-state index >= 15 is 0 Å². The van der Waals surface area contributed by atoms with Crippen molar-refractivity contribution in [3.8, 4) is 22.4 Å². The van der Waals surface area contributed by atoms with Crippen molar-refractivity contribution in [2.45, 2.75) is 19.3 Å². The summed E-state index contributed by atoms with van der Waals surface area (Å²) in [6.07, 6.45) is 0. The summed E-state index contributed by atoms with van der Waals surface area (Å²) in [5.74, 6) is 0. The molecule has 6 rings (SSSR count). The molecular weight excluding hydrogens is 388 g/mol. The van der Waals surface area contributed by atoms with E-state index in [1.807, 2.05) is 6.07 Å². The Labute approximate surface area is 180 Å². The molecule has 0 spiro atoms. The predicted molar refractivity (Wildman–Crippen MR) is 125 cm³/mol. The molecule has 0 bridgehead atoms. The highest BCUT2D eigenvalue weighted by Gasteiger charge is 2.35. The van der Waals surface area contributed by atoms with Crippen molar-refractivity contribution in [1.82, 2.24) is 9.97 Å². The third-order valence-corrected chi connectivity index (χ3v) is 6.56. The summed E-state index contributed by atoms with van der Waals surface area (Å²) in [4.78, 5) is 9.15. The summed E-state index contributed by atoms with van der Waals surface area (Å²) in [5, 5.41) is 3.61. The highest BCUT2D eigenvalue weighted by Crippen LogP contribution is 2.49. The van der Waals surface area contributed by atoms with E-state index in [1.165, 1.54) is 27.6 Å². The van der Waals surface area contributed by atoms with Gasteiger partial charge < -0.3 is 0 Å². The number of fused-ring (bicyclic) bond motifs is 5. The van der Waals surface area contributed by atoms with Crippen LogP contribution in [0.25, 0.3) is 44.1 Å². The molecule has 144 valence electrons. The molecule has 0 unspecified atom stereocenters. The molecule has 4 aromatic carbocycles. The van der Waals surface area contributed by atoms with Crippen LogP contribution in [-0.4, -0.2) is 9.97 Å². The van der Waals surface area contributed by atoms with E-state index in [2.05, 4.69) is 96.6 Å². The van der Waals surface area contributed by atoms with E-state index in [-0.39, 0.29) is 10.7 Å². The van der Waals surface area contributed by atoms with Gasteiger partial charge in [0, 0.05) is 16.4 Å². The quantitative estimate of drug-likeness (QED) is 0.214. The topological polar surface area (TPSA) is 25.8 Å². The molecule has 1 heterocycles. The molecule has 5 aromatic rings. The molecule has 1 aliphatic rings.